The second-order valence-corrected chi connectivity index (χ2v) is 7.22. The summed E-state index contributed by atoms with van der Waals surface area (Å²) >= 11 is 1.77. The van der Waals surface area contributed by atoms with Gasteiger partial charge in [-0.15, -0.1) is 0 Å². The maximum Gasteiger partial charge on any atom is 0.188 e. The van der Waals surface area contributed by atoms with Crippen LogP contribution in [0.15, 0.2) is 17.4 Å². The lowest BCUT2D eigenvalue weighted by molar-refractivity contribution is 0.407. The van der Waals surface area contributed by atoms with Gasteiger partial charge in [0.1, 0.15) is 0 Å². The minimum absolute atomic E-state index is 0.154. The molecule has 102 valence electrons. The van der Waals surface area contributed by atoms with E-state index in [1.807, 2.05) is 19.2 Å². The van der Waals surface area contributed by atoms with Crippen LogP contribution >= 0.6 is 11.8 Å². The molecule has 18 heavy (non-hydrogen) atoms. The molecule has 0 bridgehead atoms. The van der Waals surface area contributed by atoms with E-state index >= 15 is 0 Å². The molecule has 4 heteroatoms. The first-order valence-electron chi connectivity index (χ1n) is 6.49. The van der Waals surface area contributed by atoms with Crippen molar-refractivity contribution in [3.8, 4) is 0 Å². The minimum atomic E-state index is 0.154. The van der Waals surface area contributed by atoms with E-state index in [9.17, 15) is 0 Å². The molecule has 0 amide bonds. The molecule has 1 N–H and O–H groups in total. The maximum absolute atomic E-state index is 4.46. The Kier molecular flexibility index (Phi) is 5.60. The molecule has 1 heterocycles. The predicted octanol–water partition coefficient (Wildman–Crippen LogP) is 3.29. The SMILES string of the molecule is Cc1ccnc(SC(CNC(C)(C)C)C(C)C)n1. The average Bonchev–Trinajstić information content (AvgIpc) is 2.22. The fraction of sp³-hybridized carbons (Fsp3) is 0.714. The monoisotopic (exact) mass is 267 g/mol. The lowest BCUT2D eigenvalue weighted by Crippen LogP contribution is -2.41. The van der Waals surface area contributed by atoms with Crippen molar-refractivity contribution in [1.29, 1.82) is 0 Å². The number of hydrogen-bond donors (Lipinski definition) is 1. The quantitative estimate of drug-likeness (QED) is 0.656. The van der Waals surface area contributed by atoms with Gasteiger partial charge in [0.15, 0.2) is 5.16 Å². The number of rotatable bonds is 5. The Hall–Kier alpha value is -0.610. The summed E-state index contributed by atoms with van der Waals surface area (Å²) in [5, 5.41) is 4.93. The normalized spacial score (nSPS) is 13.9. The number of hydrogen-bond acceptors (Lipinski definition) is 4. The van der Waals surface area contributed by atoms with E-state index in [0.717, 1.165) is 17.4 Å². The van der Waals surface area contributed by atoms with Crippen molar-refractivity contribution in [2.45, 2.75) is 57.5 Å². The van der Waals surface area contributed by atoms with E-state index in [4.69, 9.17) is 0 Å². The van der Waals surface area contributed by atoms with E-state index in [0.29, 0.717) is 11.2 Å². The van der Waals surface area contributed by atoms with Crippen LogP contribution in [0, 0.1) is 12.8 Å². The number of aryl methyl sites for hydroxylation is 1. The molecule has 3 nitrogen and oxygen atoms in total. The van der Waals surface area contributed by atoms with Gasteiger partial charge in [-0.2, -0.15) is 0 Å². The fourth-order valence-electron chi connectivity index (χ4n) is 1.44. The van der Waals surface area contributed by atoms with Crippen LogP contribution in [0.1, 0.15) is 40.3 Å². The molecular formula is C14H25N3S. The van der Waals surface area contributed by atoms with Crippen LogP contribution in [0.4, 0.5) is 0 Å². The molecule has 0 spiro atoms. The first-order chi connectivity index (χ1) is 8.28. The van der Waals surface area contributed by atoms with Crippen molar-refractivity contribution < 1.29 is 0 Å². The summed E-state index contributed by atoms with van der Waals surface area (Å²) in [6.07, 6.45) is 1.83. The molecule has 1 unspecified atom stereocenters. The van der Waals surface area contributed by atoms with Crippen molar-refractivity contribution in [3.63, 3.8) is 0 Å². The summed E-state index contributed by atoms with van der Waals surface area (Å²) < 4.78 is 0. The van der Waals surface area contributed by atoms with Gasteiger partial charge in [-0.05, 0) is 39.7 Å². The summed E-state index contributed by atoms with van der Waals surface area (Å²) in [5.74, 6) is 0.592. The molecule has 0 aliphatic heterocycles. The number of thioether (sulfide) groups is 1. The predicted molar refractivity (Wildman–Crippen MR) is 79.0 cm³/mol. The highest BCUT2D eigenvalue weighted by atomic mass is 32.2. The second-order valence-electron chi connectivity index (χ2n) is 6.01. The van der Waals surface area contributed by atoms with Gasteiger partial charge in [0, 0.05) is 29.2 Å². The van der Waals surface area contributed by atoms with Gasteiger partial charge in [-0.25, -0.2) is 9.97 Å². The summed E-state index contributed by atoms with van der Waals surface area (Å²) in [7, 11) is 0. The highest BCUT2D eigenvalue weighted by Crippen LogP contribution is 2.25. The van der Waals surface area contributed by atoms with Crippen molar-refractivity contribution in [2.24, 2.45) is 5.92 Å². The first-order valence-corrected chi connectivity index (χ1v) is 7.37. The third-order valence-corrected chi connectivity index (χ3v) is 4.03. The Morgan fingerprint density at radius 3 is 2.50 bits per heavy atom. The Balaban J connectivity index is 2.63. The lowest BCUT2D eigenvalue weighted by atomic mass is 10.1. The van der Waals surface area contributed by atoms with Crippen molar-refractivity contribution in [3.05, 3.63) is 18.0 Å². The van der Waals surface area contributed by atoms with Gasteiger partial charge in [0.25, 0.3) is 0 Å². The van der Waals surface area contributed by atoms with Gasteiger partial charge >= 0.3 is 0 Å². The van der Waals surface area contributed by atoms with Gasteiger partial charge in [-0.1, -0.05) is 25.6 Å². The molecule has 0 fully saturated rings. The zero-order valence-corrected chi connectivity index (χ0v) is 13.1. The van der Waals surface area contributed by atoms with Gasteiger partial charge in [0.2, 0.25) is 0 Å². The largest absolute Gasteiger partial charge is 0.311 e. The Morgan fingerprint density at radius 1 is 1.33 bits per heavy atom. The van der Waals surface area contributed by atoms with Crippen LogP contribution in [0.2, 0.25) is 0 Å². The Morgan fingerprint density at radius 2 is 2.00 bits per heavy atom. The molecule has 0 aliphatic carbocycles. The lowest BCUT2D eigenvalue weighted by Gasteiger charge is -2.26. The van der Waals surface area contributed by atoms with E-state index in [1.54, 1.807) is 11.8 Å². The van der Waals surface area contributed by atoms with Crippen LogP contribution in [0.5, 0.6) is 0 Å². The summed E-state index contributed by atoms with van der Waals surface area (Å²) in [6, 6.07) is 1.93. The molecular weight excluding hydrogens is 242 g/mol. The van der Waals surface area contributed by atoms with E-state index < -0.39 is 0 Å². The first kappa shape index (κ1) is 15.4. The van der Waals surface area contributed by atoms with E-state index in [2.05, 4.69) is 49.9 Å². The van der Waals surface area contributed by atoms with E-state index in [-0.39, 0.29) is 5.54 Å². The molecule has 1 aromatic heterocycles. The summed E-state index contributed by atoms with van der Waals surface area (Å²) in [5.41, 5.74) is 1.18. The Bertz CT molecular complexity index is 372. The third-order valence-electron chi connectivity index (χ3n) is 2.61. The van der Waals surface area contributed by atoms with E-state index in [1.165, 1.54) is 0 Å². The maximum atomic E-state index is 4.46. The average molecular weight is 267 g/mol. The molecule has 0 saturated carbocycles. The molecule has 1 rings (SSSR count). The molecule has 0 saturated heterocycles. The fourth-order valence-corrected chi connectivity index (χ4v) is 2.47. The number of aromatic nitrogens is 2. The minimum Gasteiger partial charge on any atom is -0.311 e. The van der Waals surface area contributed by atoms with Crippen LogP contribution < -0.4 is 5.32 Å². The smallest absolute Gasteiger partial charge is 0.188 e. The summed E-state index contributed by atoms with van der Waals surface area (Å²) in [6.45, 7) is 14.1. The molecule has 0 aliphatic rings. The zero-order valence-electron chi connectivity index (χ0n) is 12.3. The second kappa shape index (κ2) is 6.53. The van der Waals surface area contributed by atoms with Gasteiger partial charge in [-0.3, -0.25) is 0 Å². The summed E-state index contributed by atoms with van der Waals surface area (Å²) in [4.78, 5) is 8.79. The Labute approximate surface area is 115 Å². The molecule has 0 radical (unpaired) electrons. The van der Waals surface area contributed by atoms with Crippen LogP contribution in [0.3, 0.4) is 0 Å². The highest BCUT2D eigenvalue weighted by Gasteiger charge is 2.19. The number of nitrogens with zero attached hydrogens (tertiary/aromatic N) is 2. The third kappa shape index (κ3) is 5.83. The molecule has 1 atom stereocenters. The standard InChI is InChI=1S/C14H25N3S/c1-10(2)12(9-16-14(4,5)6)18-13-15-8-7-11(3)17-13/h7-8,10,12,16H,9H2,1-6H3. The zero-order chi connectivity index (χ0) is 13.8. The van der Waals surface area contributed by atoms with Gasteiger partial charge in [0.05, 0.1) is 0 Å². The molecule has 0 aromatic carbocycles. The van der Waals surface area contributed by atoms with Crippen LogP contribution in [-0.2, 0) is 0 Å². The highest BCUT2D eigenvalue weighted by molar-refractivity contribution is 7.99. The van der Waals surface area contributed by atoms with Gasteiger partial charge < -0.3 is 5.32 Å². The number of nitrogens with one attached hydrogen (secondary N) is 1. The van der Waals surface area contributed by atoms with Crippen molar-refractivity contribution >= 4 is 11.8 Å². The van der Waals surface area contributed by atoms with Crippen LogP contribution in [0.25, 0.3) is 0 Å². The van der Waals surface area contributed by atoms with Crippen molar-refractivity contribution in [1.82, 2.24) is 15.3 Å². The topological polar surface area (TPSA) is 37.8 Å². The van der Waals surface area contributed by atoms with Crippen LogP contribution in [-0.4, -0.2) is 27.3 Å². The molecule has 1 aromatic rings. The van der Waals surface area contributed by atoms with Crippen molar-refractivity contribution in [2.75, 3.05) is 6.54 Å².